The van der Waals surface area contributed by atoms with Crippen LogP contribution in [-0.4, -0.2) is 4.89 Å². The van der Waals surface area contributed by atoms with Crippen LogP contribution in [0.15, 0.2) is 47.8 Å². The molecule has 0 aliphatic carbocycles. The smallest absolute Gasteiger partial charge is 0.381 e. The molecule has 1 aromatic carbocycles. The zero-order valence-electron chi connectivity index (χ0n) is 8.45. The molecule has 5 heteroatoms. The second-order valence-electron chi connectivity index (χ2n) is 3.28. The molecule has 1 unspecified atom stereocenters. The minimum absolute atomic E-state index is 0.0551. The van der Waals surface area contributed by atoms with Crippen LogP contribution in [0.1, 0.15) is 4.88 Å². The van der Waals surface area contributed by atoms with Gasteiger partial charge in [0.15, 0.2) is 0 Å². The van der Waals surface area contributed by atoms with E-state index in [1.165, 1.54) is 11.3 Å². The van der Waals surface area contributed by atoms with Crippen molar-refractivity contribution in [1.82, 2.24) is 0 Å². The van der Waals surface area contributed by atoms with Crippen LogP contribution in [-0.2, 0) is 10.7 Å². The van der Waals surface area contributed by atoms with E-state index in [9.17, 15) is 9.46 Å². The third-order valence-electron chi connectivity index (χ3n) is 1.93. The highest BCUT2D eigenvalue weighted by Crippen LogP contribution is 2.46. The van der Waals surface area contributed by atoms with Gasteiger partial charge >= 0.3 is 7.60 Å². The average Bonchev–Trinajstić information content (AvgIpc) is 2.70. The molecule has 0 saturated carbocycles. The predicted octanol–water partition coefficient (Wildman–Crippen LogP) is 3.51. The molecular formula is C11H11O3PS. The molecule has 1 heterocycles. The summed E-state index contributed by atoms with van der Waals surface area (Å²) in [7, 11) is -3.59. The Labute approximate surface area is 97.9 Å². The summed E-state index contributed by atoms with van der Waals surface area (Å²) < 4.78 is 16.9. The highest BCUT2D eigenvalue weighted by atomic mass is 32.1. The van der Waals surface area contributed by atoms with Crippen molar-refractivity contribution in [2.24, 2.45) is 0 Å². The van der Waals surface area contributed by atoms with Gasteiger partial charge in [-0.3, -0.25) is 0 Å². The first-order chi connectivity index (χ1) is 7.66. The summed E-state index contributed by atoms with van der Waals surface area (Å²) in [5.41, 5.74) is 0. The van der Waals surface area contributed by atoms with Gasteiger partial charge in [0.2, 0.25) is 0 Å². The molecule has 16 heavy (non-hydrogen) atoms. The Morgan fingerprint density at radius 3 is 2.56 bits per heavy atom. The molecule has 1 atom stereocenters. The van der Waals surface area contributed by atoms with E-state index in [1.54, 1.807) is 24.3 Å². The van der Waals surface area contributed by atoms with Gasteiger partial charge in [-0.2, -0.15) is 0 Å². The summed E-state index contributed by atoms with van der Waals surface area (Å²) in [6.45, 7) is 0. The van der Waals surface area contributed by atoms with Crippen LogP contribution in [0, 0.1) is 0 Å². The van der Waals surface area contributed by atoms with Gasteiger partial charge in [-0.25, -0.2) is 4.57 Å². The summed E-state index contributed by atoms with van der Waals surface area (Å²) in [6.07, 6.45) is 0.0551. The fraction of sp³-hybridized carbons (Fsp3) is 0.0909. The van der Waals surface area contributed by atoms with Crippen LogP contribution < -0.4 is 4.52 Å². The number of para-hydroxylation sites is 1. The maximum atomic E-state index is 11.8. The quantitative estimate of drug-likeness (QED) is 0.849. The standard InChI is InChI=1S/C11H11O3PS/c12-15(13,9-11-7-4-8-16-11)14-10-5-2-1-3-6-10/h1-8H,9H2,(H,12,13). The molecule has 84 valence electrons. The normalized spacial score (nSPS) is 14.3. The third kappa shape index (κ3) is 3.20. The van der Waals surface area contributed by atoms with Gasteiger partial charge < -0.3 is 9.42 Å². The highest BCUT2D eigenvalue weighted by molar-refractivity contribution is 7.52. The molecule has 2 rings (SSSR count). The SMILES string of the molecule is O=P(O)(Cc1cccs1)Oc1ccccc1. The summed E-state index contributed by atoms with van der Waals surface area (Å²) >= 11 is 1.45. The summed E-state index contributed by atoms with van der Waals surface area (Å²) in [6, 6.07) is 12.4. The van der Waals surface area contributed by atoms with E-state index in [4.69, 9.17) is 4.52 Å². The fourth-order valence-corrected chi connectivity index (χ4v) is 3.57. The lowest BCUT2D eigenvalue weighted by Crippen LogP contribution is -1.94. The first-order valence-corrected chi connectivity index (χ1v) is 7.39. The first kappa shape index (κ1) is 11.4. The van der Waals surface area contributed by atoms with E-state index in [0.717, 1.165) is 4.88 Å². The van der Waals surface area contributed by atoms with Crippen LogP contribution >= 0.6 is 18.9 Å². The first-order valence-electron chi connectivity index (χ1n) is 4.74. The molecule has 2 aromatic rings. The average molecular weight is 254 g/mol. The Morgan fingerprint density at radius 2 is 1.94 bits per heavy atom. The molecule has 1 aromatic heterocycles. The van der Waals surface area contributed by atoms with E-state index >= 15 is 0 Å². The molecule has 0 spiro atoms. The lowest BCUT2D eigenvalue weighted by atomic mass is 10.3. The molecular weight excluding hydrogens is 243 g/mol. The van der Waals surface area contributed by atoms with Crippen LogP contribution in [0.5, 0.6) is 5.75 Å². The lowest BCUT2D eigenvalue weighted by Gasteiger charge is -2.12. The van der Waals surface area contributed by atoms with Crippen LogP contribution in [0.3, 0.4) is 0 Å². The van der Waals surface area contributed by atoms with Crippen molar-refractivity contribution in [3.63, 3.8) is 0 Å². The van der Waals surface area contributed by atoms with Crippen LogP contribution in [0.25, 0.3) is 0 Å². The number of thiophene rings is 1. The molecule has 0 bridgehead atoms. The van der Waals surface area contributed by atoms with Crippen LogP contribution in [0.4, 0.5) is 0 Å². The second kappa shape index (κ2) is 4.83. The van der Waals surface area contributed by atoms with Gasteiger partial charge in [-0.15, -0.1) is 11.3 Å². The molecule has 1 N–H and O–H groups in total. The maximum absolute atomic E-state index is 11.8. The van der Waals surface area contributed by atoms with Gasteiger partial charge in [-0.1, -0.05) is 24.3 Å². The zero-order valence-corrected chi connectivity index (χ0v) is 10.2. The molecule has 0 saturated heterocycles. The van der Waals surface area contributed by atoms with Crippen molar-refractivity contribution in [2.45, 2.75) is 6.16 Å². The monoisotopic (exact) mass is 254 g/mol. The van der Waals surface area contributed by atoms with Crippen molar-refractivity contribution in [1.29, 1.82) is 0 Å². The van der Waals surface area contributed by atoms with Gasteiger partial charge in [-0.05, 0) is 23.6 Å². The fourth-order valence-electron chi connectivity index (χ4n) is 1.28. The molecule has 0 aliphatic heterocycles. The van der Waals surface area contributed by atoms with Crippen molar-refractivity contribution in [3.05, 3.63) is 52.7 Å². The van der Waals surface area contributed by atoms with E-state index in [0.29, 0.717) is 5.75 Å². The Bertz CT molecular complexity index is 481. The number of rotatable bonds is 4. The Kier molecular flexibility index (Phi) is 3.44. The molecule has 0 aliphatic rings. The second-order valence-corrected chi connectivity index (χ2v) is 6.09. The van der Waals surface area contributed by atoms with E-state index in [2.05, 4.69) is 0 Å². The van der Waals surface area contributed by atoms with Gasteiger partial charge in [0.05, 0.1) is 6.16 Å². The Morgan fingerprint density at radius 1 is 1.19 bits per heavy atom. The van der Waals surface area contributed by atoms with Gasteiger partial charge in [0.1, 0.15) is 5.75 Å². The molecule has 3 nitrogen and oxygen atoms in total. The summed E-state index contributed by atoms with van der Waals surface area (Å²) in [4.78, 5) is 10.5. The van der Waals surface area contributed by atoms with Crippen LogP contribution in [0.2, 0.25) is 0 Å². The summed E-state index contributed by atoms with van der Waals surface area (Å²) in [5, 5.41) is 1.87. The highest BCUT2D eigenvalue weighted by Gasteiger charge is 2.22. The molecule has 0 radical (unpaired) electrons. The maximum Gasteiger partial charge on any atom is 0.381 e. The number of hydrogen-bond acceptors (Lipinski definition) is 3. The van der Waals surface area contributed by atoms with Gasteiger partial charge in [0.25, 0.3) is 0 Å². The summed E-state index contributed by atoms with van der Waals surface area (Å²) in [5.74, 6) is 0.421. The Balaban J connectivity index is 2.06. The minimum Gasteiger partial charge on any atom is -0.424 e. The van der Waals surface area contributed by atoms with E-state index in [1.807, 2.05) is 23.6 Å². The van der Waals surface area contributed by atoms with Crippen molar-refractivity contribution >= 4 is 18.9 Å². The van der Waals surface area contributed by atoms with Crippen molar-refractivity contribution < 1.29 is 14.0 Å². The molecule has 0 fully saturated rings. The van der Waals surface area contributed by atoms with Crippen molar-refractivity contribution in [2.75, 3.05) is 0 Å². The molecule has 0 amide bonds. The largest absolute Gasteiger partial charge is 0.424 e. The predicted molar refractivity (Wildman–Crippen MR) is 64.9 cm³/mol. The Hall–Kier alpha value is -1.09. The lowest BCUT2D eigenvalue weighted by molar-refractivity contribution is 0.378. The van der Waals surface area contributed by atoms with Gasteiger partial charge in [0, 0.05) is 4.88 Å². The van der Waals surface area contributed by atoms with Crippen molar-refractivity contribution in [3.8, 4) is 5.75 Å². The zero-order chi connectivity index (χ0) is 11.4. The van der Waals surface area contributed by atoms with E-state index < -0.39 is 7.60 Å². The van der Waals surface area contributed by atoms with E-state index in [-0.39, 0.29) is 6.16 Å². The topological polar surface area (TPSA) is 46.5 Å². The number of hydrogen-bond donors (Lipinski definition) is 1. The number of benzene rings is 1. The third-order valence-corrected chi connectivity index (χ3v) is 4.25. The minimum atomic E-state index is -3.59.